The lowest BCUT2D eigenvalue weighted by Crippen LogP contribution is -2.13. The van der Waals surface area contributed by atoms with Gasteiger partial charge >= 0.3 is 0 Å². The minimum atomic E-state index is -0.189. The van der Waals surface area contributed by atoms with Crippen LogP contribution in [0.15, 0.2) is 72.8 Å². The van der Waals surface area contributed by atoms with Crippen LogP contribution in [0.3, 0.4) is 0 Å². The van der Waals surface area contributed by atoms with Gasteiger partial charge in [-0.05, 0) is 43.2 Å². The van der Waals surface area contributed by atoms with E-state index in [1.807, 2.05) is 68.4 Å². The van der Waals surface area contributed by atoms with Gasteiger partial charge in [-0.15, -0.1) is 0 Å². The Bertz CT molecular complexity index is 922. The van der Waals surface area contributed by atoms with Gasteiger partial charge in [0.25, 0.3) is 5.91 Å². The molecule has 0 saturated carbocycles. The van der Waals surface area contributed by atoms with Gasteiger partial charge in [0.2, 0.25) is 0 Å². The molecule has 3 aromatic carbocycles. The van der Waals surface area contributed by atoms with Gasteiger partial charge in [0.05, 0.1) is 13.2 Å². The first-order chi connectivity index (χ1) is 13.7. The zero-order valence-electron chi connectivity index (χ0n) is 16.3. The maximum atomic E-state index is 12.9. The Morgan fingerprint density at radius 1 is 0.857 bits per heavy atom. The van der Waals surface area contributed by atoms with Crippen molar-refractivity contribution in [3.8, 4) is 22.6 Å². The molecule has 28 heavy (non-hydrogen) atoms. The van der Waals surface area contributed by atoms with Crippen molar-refractivity contribution in [2.75, 3.05) is 18.5 Å². The first kappa shape index (κ1) is 19.5. The molecule has 0 aliphatic heterocycles. The van der Waals surface area contributed by atoms with Gasteiger partial charge in [0.1, 0.15) is 0 Å². The van der Waals surface area contributed by atoms with Crippen LogP contribution in [0.5, 0.6) is 11.5 Å². The molecule has 3 aromatic rings. The number of nitrogens with one attached hydrogen (secondary N) is 1. The van der Waals surface area contributed by atoms with Crippen molar-refractivity contribution in [3.05, 3.63) is 78.4 Å². The van der Waals surface area contributed by atoms with Crippen LogP contribution < -0.4 is 14.8 Å². The Kier molecular flexibility index (Phi) is 6.68. The van der Waals surface area contributed by atoms with E-state index in [-0.39, 0.29) is 5.91 Å². The number of amides is 1. The number of para-hydroxylation sites is 1. The van der Waals surface area contributed by atoms with E-state index < -0.39 is 0 Å². The highest BCUT2D eigenvalue weighted by Gasteiger charge is 2.14. The van der Waals surface area contributed by atoms with Crippen LogP contribution in [0.1, 0.15) is 30.6 Å². The SMILES string of the molecule is CCCOc1ccc(C(=O)Nc2ccccc2-c2ccccc2)cc1OCC. The summed E-state index contributed by atoms with van der Waals surface area (Å²) in [5.41, 5.74) is 3.32. The molecule has 4 heteroatoms. The molecule has 0 radical (unpaired) electrons. The van der Waals surface area contributed by atoms with Gasteiger partial charge in [-0.3, -0.25) is 4.79 Å². The van der Waals surface area contributed by atoms with Crippen molar-refractivity contribution >= 4 is 11.6 Å². The second kappa shape index (κ2) is 9.60. The molecule has 0 atom stereocenters. The Balaban J connectivity index is 1.85. The van der Waals surface area contributed by atoms with Gasteiger partial charge in [-0.1, -0.05) is 55.5 Å². The normalized spacial score (nSPS) is 10.4. The number of carbonyl (C=O) groups is 1. The van der Waals surface area contributed by atoms with Crippen molar-refractivity contribution in [1.82, 2.24) is 0 Å². The van der Waals surface area contributed by atoms with Crippen LogP contribution >= 0.6 is 0 Å². The first-order valence-corrected chi connectivity index (χ1v) is 9.58. The van der Waals surface area contributed by atoms with E-state index in [0.717, 1.165) is 23.2 Å². The van der Waals surface area contributed by atoms with Crippen LogP contribution in [0, 0.1) is 0 Å². The van der Waals surface area contributed by atoms with Crippen LogP contribution in [0.4, 0.5) is 5.69 Å². The zero-order chi connectivity index (χ0) is 19.8. The fourth-order valence-electron chi connectivity index (χ4n) is 2.90. The summed E-state index contributed by atoms with van der Waals surface area (Å²) in [6, 6.07) is 23.1. The third-order valence-corrected chi connectivity index (χ3v) is 4.23. The number of carbonyl (C=O) groups excluding carboxylic acids is 1. The monoisotopic (exact) mass is 375 g/mol. The van der Waals surface area contributed by atoms with Crippen LogP contribution in [-0.4, -0.2) is 19.1 Å². The highest BCUT2D eigenvalue weighted by Crippen LogP contribution is 2.31. The summed E-state index contributed by atoms with van der Waals surface area (Å²) in [7, 11) is 0. The van der Waals surface area contributed by atoms with Gasteiger partial charge in [-0.25, -0.2) is 0 Å². The van der Waals surface area contributed by atoms with E-state index in [1.54, 1.807) is 18.2 Å². The molecule has 0 aliphatic rings. The van der Waals surface area contributed by atoms with Crippen molar-refractivity contribution in [1.29, 1.82) is 0 Å². The summed E-state index contributed by atoms with van der Waals surface area (Å²) in [4.78, 5) is 12.9. The number of hydrogen-bond donors (Lipinski definition) is 1. The van der Waals surface area contributed by atoms with Gasteiger partial charge in [0, 0.05) is 16.8 Å². The summed E-state index contributed by atoms with van der Waals surface area (Å²) in [6.07, 6.45) is 0.907. The summed E-state index contributed by atoms with van der Waals surface area (Å²) < 4.78 is 11.4. The van der Waals surface area contributed by atoms with Crippen LogP contribution in [0.2, 0.25) is 0 Å². The minimum Gasteiger partial charge on any atom is -0.490 e. The minimum absolute atomic E-state index is 0.189. The topological polar surface area (TPSA) is 47.6 Å². The number of rotatable bonds is 8. The number of hydrogen-bond acceptors (Lipinski definition) is 3. The lowest BCUT2D eigenvalue weighted by molar-refractivity contribution is 0.102. The molecule has 0 aromatic heterocycles. The molecule has 3 rings (SSSR count). The molecule has 1 amide bonds. The van der Waals surface area contributed by atoms with Crippen LogP contribution in [0.25, 0.3) is 11.1 Å². The highest BCUT2D eigenvalue weighted by atomic mass is 16.5. The first-order valence-electron chi connectivity index (χ1n) is 9.58. The predicted octanol–water partition coefficient (Wildman–Crippen LogP) is 5.79. The quantitative estimate of drug-likeness (QED) is 0.542. The Hall–Kier alpha value is -3.27. The summed E-state index contributed by atoms with van der Waals surface area (Å²) in [5, 5.41) is 3.02. The Morgan fingerprint density at radius 2 is 1.61 bits per heavy atom. The third kappa shape index (κ3) is 4.71. The van der Waals surface area contributed by atoms with Crippen LogP contribution in [-0.2, 0) is 0 Å². The maximum absolute atomic E-state index is 12.9. The van der Waals surface area contributed by atoms with E-state index in [0.29, 0.717) is 30.3 Å². The smallest absolute Gasteiger partial charge is 0.255 e. The molecule has 0 heterocycles. The predicted molar refractivity (Wildman–Crippen MR) is 113 cm³/mol. The summed E-state index contributed by atoms with van der Waals surface area (Å²) in [6.45, 7) is 5.07. The molecule has 4 nitrogen and oxygen atoms in total. The Morgan fingerprint density at radius 3 is 2.36 bits per heavy atom. The molecule has 0 bridgehead atoms. The van der Waals surface area contributed by atoms with Gasteiger partial charge in [-0.2, -0.15) is 0 Å². The lowest BCUT2D eigenvalue weighted by atomic mass is 10.0. The lowest BCUT2D eigenvalue weighted by Gasteiger charge is -2.14. The molecule has 0 spiro atoms. The number of benzene rings is 3. The fraction of sp³-hybridized carbons (Fsp3) is 0.208. The Labute approximate surface area is 166 Å². The zero-order valence-corrected chi connectivity index (χ0v) is 16.3. The van der Waals surface area contributed by atoms with Crippen molar-refractivity contribution in [3.63, 3.8) is 0 Å². The molecular formula is C24H25NO3. The van der Waals surface area contributed by atoms with E-state index in [4.69, 9.17) is 9.47 Å². The molecule has 0 fully saturated rings. The van der Waals surface area contributed by atoms with E-state index in [9.17, 15) is 4.79 Å². The second-order valence-electron chi connectivity index (χ2n) is 6.31. The molecule has 0 saturated heterocycles. The largest absolute Gasteiger partial charge is 0.490 e. The van der Waals surface area contributed by atoms with E-state index in [1.165, 1.54) is 0 Å². The third-order valence-electron chi connectivity index (χ3n) is 4.23. The summed E-state index contributed by atoms with van der Waals surface area (Å²) in [5.74, 6) is 1.05. The van der Waals surface area contributed by atoms with Crippen molar-refractivity contribution < 1.29 is 14.3 Å². The molecule has 144 valence electrons. The van der Waals surface area contributed by atoms with Crippen molar-refractivity contribution in [2.45, 2.75) is 20.3 Å². The standard InChI is InChI=1S/C24H25NO3/c1-3-16-28-22-15-14-19(17-23(22)27-4-2)24(26)25-21-13-9-8-12-20(21)18-10-6-5-7-11-18/h5-15,17H,3-4,16H2,1-2H3,(H,25,26). The molecule has 0 unspecified atom stereocenters. The summed E-state index contributed by atoms with van der Waals surface area (Å²) >= 11 is 0. The fourth-order valence-corrected chi connectivity index (χ4v) is 2.90. The average molecular weight is 375 g/mol. The molecule has 1 N–H and O–H groups in total. The molecular weight excluding hydrogens is 350 g/mol. The highest BCUT2D eigenvalue weighted by molar-refractivity contribution is 6.06. The number of anilines is 1. The molecule has 0 aliphatic carbocycles. The number of ether oxygens (including phenoxy) is 2. The second-order valence-corrected chi connectivity index (χ2v) is 6.31. The van der Waals surface area contributed by atoms with E-state index in [2.05, 4.69) is 5.32 Å². The van der Waals surface area contributed by atoms with Gasteiger partial charge < -0.3 is 14.8 Å². The maximum Gasteiger partial charge on any atom is 0.255 e. The average Bonchev–Trinajstić information content (AvgIpc) is 2.74. The van der Waals surface area contributed by atoms with E-state index >= 15 is 0 Å². The van der Waals surface area contributed by atoms with Gasteiger partial charge in [0.15, 0.2) is 11.5 Å². The van der Waals surface area contributed by atoms with Crippen molar-refractivity contribution in [2.24, 2.45) is 0 Å².